The van der Waals surface area contributed by atoms with Gasteiger partial charge < -0.3 is 0 Å². The van der Waals surface area contributed by atoms with E-state index in [2.05, 4.69) is 15.2 Å². The molecule has 2 aromatic carbocycles. The fourth-order valence-corrected chi connectivity index (χ4v) is 1.98. The number of rotatable bonds is 3. The van der Waals surface area contributed by atoms with Crippen LogP contribution in [0, 0.1) is 0 Å². The molecular weight excluding hydrogens is 250 g/mol. The summed E-state index contributed by atoms with van der Waals surface area (Å²) < 4.78 is 0. The highest BCUT2D eigenvalue weighted by atomic mass is 16.1. The van der Waals surface area contributed by atoms with Gasteiger partial charge in [-0.1, -0.05) is 48.5 Å². The molecule has 3 rings (SSSR count). The van der Waals surface area contributed by atoms with Gasteiger partial charge in [-0.15, -0.1) is 0 Å². The summed E-state index contributed by atoms with van der Waals surface area (Å²) in [6.07, 6.45) is 1.59. The van der Waals surface area contributed by atoms with Crippen molar-refractivity contribution < 1.29 is 0 Å². The molecule has 0 atom stereocenters. The average molecular weight is 263 g/mol. The van der Waals surface area contributed by atoms with E-state index in [1.54, 1.807) is 6.21 Å². The molecule has 0 saturated heterocycles. The molecule has 0 amide bonds. The van der Waals surface area contributed by atoms with Gasteiger partial charge in [-0.25, -0.2) is 0 Å². The topological polar surface area (TPSA) is 61.0 Å². The van der Waals surface area contributed by atoms with Crippen molar-refractivity contribution in [2.24, 2.45) is 4.99 Å². The monoisotopic (exact) mass is 263 g/mol. The summed E-state index contributed by atoms with van der Waals surface area (Å²) in [5.74, 6) is 0. The van der Waals surface area contributed by atoms with Gasteiger partial charge in [0.15, 0.2) is 0 Å². The lowest BCUT2D eigenvalue weighted by molar-refractivity contribution is 1.06. The van der Waals surface area contributed by atoms with Crippen LogP contribution in [0.1, 0.15) is 5.56 Å². The highest BCUT2D eigenvalue weighted by Crippen LogP contribution is 2.18. The largest absolute Gasteiger partial charge is 0.297 e. The summed E-state index contributed by atoms with van der Waals surface area (Å²) in [6, 6.07) is 19.2. The molecule has 0 bridgehead atoms. The molecule has 0 fully saturated rings. The van der Waals surface area contributed by atoms with Crippen LogP contribution < -0.4 is 5.56 Å². The minimum absolute atomic E-state index is 0.177. The molecule has 0 saturated carbocycles. The second-order valence-corrected chi connectivity index (χ2v) is 4.33. The molecule has 0 unspecified atom stereocenters. The predicted molar refractivity (Wildman–Crippen MR) is 80.5 cm³/mol. The second-order valence-electron chi connectivity index (χ2n) is 4.33. The highest BCUT2D eigenvalue weighted by molar-refractivity contribution is 5.89. The summed E-state index contributed by atoms with van der Waals surface area (Å²) >= 11 is 0. The van der Waals surface area contributed by atoms with Crippen molar-refractivity contribution in [3.05, 3.63) is 76.6 Å². The van der Waals surface area contributed by atoms with Crippen molar-refractivity contribution in [1.29, 1.82) is 0 Å². The zero-order chi connectivity index (χ0) is 13.8. The summed E-state index contributed by atoms with van der Waals surface area (Å²) in [7, 11) is 0. The second kappa shape index (κ2) is 5.40. The van der Waals surface area contributed by atoms with E-state index in [1.165, 1.54) is 0 Å². The van der Waals surface area contributed by atoms with Crippen LogP contribution in [0.5, 0.6) is 0 Å². The van der Waals surface area contributed by atoms with E-state index >= 15 is 0 Å². The number of nitrogens with zero attached hydrogens (tertiary/aromatic N) is 1. The van der Waals surface area contributed by atoms with Crippen LogP contribution >= 0.6 is 0 Å². The van der Waals surface area contributed by atoms with Gasteiger partial charge in [-0.3, -0.25) is 20.0 Å². The maximum atomic E-state index is 11.9. The predicted octanol–water partition coefficient (Wildman–Crippen LogP) is 3.12. The number of hydrogen-bond donors (Lipinski definition) is 2. The number of aromatic amines is 2. The molecular formula is C16H13N3O. The van der Waals surface area contributed by atoms with E-state index in [0.29, 0.717) is 5.56 Å². The molecule has 0 aliphatic carbocycles. The third-order valence-electron chi connectivity index (χ3n) is 2.98. The SMILES string of the molecule is O=c1[nH][nH]c(-c2ccccc2)c1C=Nc1ccccc1. The molecule has 2 N–H and O–H groups in total. The average Bonchev–Trinajstić information content (AvgIpc) is 2.88. The van der Waals surface area contributed by atoms with Gasteiger partial charge in [-0.05, 0) is 12.1 Å². The Labute approximate surface area is 115 Å². The van der Waals surface area contributed by atoms with Crippen molar-refractivity contribution in [2.75, 3.05) is 0 Å². The molecule has 1 heterocycles. The van der Waals surface area contributed by atoms with Crippen molar-refractivity contribution in [2.45, 2.75) is 0 Å². The Morgan fingerprint density at radius 3 is 2.20 bits per heavy atom. The maximum absolute atomic E-state index is 11.9. The zero-order valence-electron chi connectivity index (χ0n) is 10.7. The Hall–Kier alpha value is -2.88. The van der Waals surface area contributed by atoms with Gasteiger partial charge in [0, 0.05) is 11.8 Å². The number of benzene rings is 2. The number of H-pyrrole nitrogens is 2. The first kappa shape index (κ1) is 12.2. The molecule has 98 valence electrons. The number of nitrogens with one attached hydrogen (secondary N) is 2. The molecule has 3 aromatic rings. The van der Waals surface area contributed by atoms with Crippen LogP contribution in [-0.2, 0) is 0 Å². The first-order valence-corrected chi connectivity index (χ1v) is 6.30. The molecule has 0 radical (unpaired) electrons. The van der Waals surface area contributed by atoms with Crippen LogP contribution in [0.4, 0.5) is 5.69 Å². The van der Waals surface area contributed by atoms with Gasteiger partial charge >= 0.3 is 0 Å². The summed E-state index contributed by atoms with van der Waals surface area (Å²) in [6.45, 7) is 0. The number of aromatic nitrogens is 2. The Kier molecular flexibility index (Phi) is 3.29. The highest BCUT2D eigenvalue weighted by Gasteiger charge is 2.09. The van der Waals surface area contributed by atoms with Crippen LogP contribution in [-0.4, -0.2) is 16.4 Å². The van der Waals surface area contributed by atoms with Crippen molar-refractivity contribution in [1.82, 2.24) is 10.2 Å². The molecule has 20 heavy (non-hydrogen) atoms. The molecule has 4 heteroatoms. The third-order valence-corrected chi connectivity index (χ3v) is 2.98. The van der Waals surface area contributed by atoms with Crippen LogP contribution in [0.15, 0.2) is 70.5 Å². The Morgan fingerprint density at radius 1 is 0.850 bits per heavy atom. The minimum Gasteiger partial charge on any atom is -0.297 e. The van der Waals surface area contributed by atoms with Crippen molar-refractivity contribution >= 4 is 11.9 Å². The van der Waals surface area contributed by atoms with Gasteiger partial charge in [0.1, 0.15) is 0 Å². The quantitative estimate of drug-likeness (QED) is 0.701. The lowest BCUT2D eigenvalue weighted by Crippen LogP contribution is -2.04. The maximum Gasteiger partial charge on any atom is 0.273 e. The van der Waals surface area contributed by atoms with E-state index in [-0.39, 0.29) is 5.56 Å². The summed E-state index contributed by atoms with van der Waals surface area (Å²) in [4.78, 5) is 16.2. The molecule has 4 nitrogen and oxygen atoms in total. The fourth-order valence-electron chi connectivity index (χ4n) is 1.98. The van der Waals surface area contributed by atoms with Gasteiger partial charge in [-0.2, -0.15) is 0 Å². The van der Waals surface area contributed by atoms with E-state index in [4.69, 9.17) is 0 Å². The van der Waals surface area contributed by atoms with E-state index in [0.717, 1.165) is 16.9 Å². The van der Waals surface area contributed by atoms with Gasteiger partial charge in [0.25, 0.3) is 5.56 Å². The van der Waals surface area contributed by atoms with E-state index in [1.807, 2.05) is 60.7 Å². The Balaban J connectivity index is 2.01. The molecule has 0 spiro atoms. The minimum atomic E-state index is -0.177. The van der Waals surface area contributed by atoms with Crippen LogP contribution in [0.25, 0.3) is 11.3 Å². The smallest absolute Gasteiger partial charge is 0.273 e. The van der Waals surface area contributed by atoms with Crippen LogP contribution in [0.2, 0.25) is 0 Å². The van der Waals surface area contributed by atoms with Crippen molar-refractivity contribution in [3.63, 3.8) is 0 Å². The molecule has 0 aliphatic heterocycles. The summed E-state index contributed by atoms with van der Waals surface area (Å²) in [5.41, 5.74) is 2.85. The standard InChI is InChI=1S/C16H13N3O/c20-16-14(11-17-13-9-5-2-6-10-13)15(18-19-16)12-7-3-1-4-8-12/h1-11H,(H2,18,19,20). The number of aliphatic imine (C=N–C) groups is 1. The van der Waals surface area contributed by atoms with E-state index in [9.17, 15) is 4.79 Å². The zero-order valence-corrected chi connectivity index (χ0v) is 10.7. The normalized spacial score (nSPS) is 11.0. The lowest BCUT2D eigenvalue weighted by Gasteiger charge is -1.98. The fraction of sp³-hybridized carbons (Fsp3) is 0. The van der Waals surface area contributed by atoms with Gasteiger partial charge in [0.05, 0.1) is 16.9 Å². The number of hydrogen-bond acceptors (Lipinski definition) is 2. The number of para-hydroxylation sites is 1. The summed E-state index contributed by atoms with van der Waals surface area (Å²) in [5, 5.41) is 5.50. The molecule has 1 aromatic heterocycles. The van der Waals surface area contributed by atoms with Gasteiger partial charge in [0.2, 0.25) is 0 Å². The first-order valence-electron chi connectivity index (χ1n) is 6.30. The Bertz CT molecular complexity index is 770. The molecule has 0 aliphatic rings. The van der Waals surface area contributed by atoms with Crippen LogP contribution in [0.3, 0.4) is 0 Å². The van der Waals surface area contributed by atoms with E-state index < -0.39 is 0 Å². The third kappa shape index (κ3) is 2.44. The first-order chi connectivity index (χ1) is 9.84. The Morgan fingerprint density at radius 2 is 1.50 bits per heavy atom. The lowest BCUT2D eigenvalue weighted by atomic mass is 10.1. The van der Waals surface area contributed by atoms with Crippen molar-refractivity contribution in [3.8, 4) is 11.3 Å².